The van der Waals surface area contributed by atoms with Crippen molar-refractivity contribution in [2.24, 2.45) is 0 Å². The summed E-state index contributed by atoms with van der Waals surface area (Å²) in [6, 6.07) is 0. The van der Waals surface area contributed by atoms with Crippen molar-refractivity contribution in [3.05, 3.63) is 24.3 Å². The molecule has 0 amide bonds. The van der Waals surface area contributed by atoms with Crippen LogP contribution in [0.4, 0.5) is 0 Å². The van der Waals surface area contributed by atoms with Gasteiger partial charge in [0.1, 0.15) is 0 Å². The standard InChI is InChI=1S/C19H30OSi/c1-8-10-12-13-15-17-18(16-14-11-9-2)20-21(6,7)19(3,4)5/h1,11,14-15,17-18H,9-10,16H2,2-7H3/b14-11+,17-15+. The summed E-state index contributed by atoms with van der Waals surface area (Å²) in [6.45, 7) is 13.5. The zero-order valence-electron chi connectivity index (χ0n) is 14.5. The molecule has 0 spiro atoms. The van der Waals surface area contributed by atoms with E-state index in [0.29, 0.717) is 6.42 Å². The van der Waals surface area contributed by atoms with Crippen LogP contribution in [0.2, 0.25) is 18.1 Å². The van der Waals surface area contributed by atoms with Crippen LogP contribution in [0.25, 0.3) is 0 Å². The molecule has 0 fully saturated rings. The van der Waals surface area contributed by atoms with Gasteiger partial charge in [0.15, 0.2) is 8.32 Å². The molecule has 1 unspecified atom stereocenters. The Bertz CT molecular complexity index is 447. The van der Waals surface area contributed by atoms with Gasteiger partial charge < -0.3 is 4.43 Å². The van der Waals surface area contributed by atoms with Gasteiger partial charge in [-0.25, -0.2) is 0 Å². The van der Waals surface area contributed by atoms with Crippen molar-refractivity contribution in [1.82, 2.24) is 0 Å². The van der Waals surface area contributed by atoms with E-state index in [2.05, 4.69) is 76.8 Å². The Morgan fingerprint density at radius 1 is 1.24 bits per heavy atom. The van der Waals surface area contributed by atoms with Gasteiger partial charge in [0.25, 0.3) is 0 Å². The minimum atomic E-state index is -1.77. The van der Waals surface area contributed by atoms with E-state index in [1.54, 1.807) is 0 Å². The first-order chi connectivity index (χ1) is 9.74. The average molecular weight is 303 g/mol. The third-order valence-electron chi connectivity index (χ3n) is 3.71. The molecule has 0 saturated heterocycles. The van der Waals surface area contributed by atoms with Gasteiger partial charge in [0, 0.05) is 0 Å². The molecule has 0 heterocycles. The summed E-state index contributed by atoms with van der Waals surface area (Å²) in [5.74, 6) is 8.40. The number of allylic oxidation sites excluding steroid dienone is 2. The van der Waals surface area contributed by atoms with E-state index in [0.717, 1.165) is 12.8 Å². The van der Waals surface area contributed by atoms with Crippen LogP contribution < -0.4 is 0 Å². The predicted molar refractivity (Wildman–Crippen MR) is 96.5 cm³/mol. The molecule has 0 aliphatic rings. The Morgan fingerprint density at radius 3 is 2.43 bits per heavy atom. The average Bonchev–Trinajstić information content (AvgIpc) is 2.36. The summed E-state index contributed by atoms with van der Waals surface area (Å²) in [4.78, 5) is 0. The van der Waals surface area contributed by atoms with Gasteiger partial charge in [-0.15, -0.1) is 6.42 Å². The van der Waals surface area contributed by atoms with E-state index in [1.807, 2.05) is 6.08 Å². The molecule has 0 aromatic carbocycles. The van der Waals surface area contributed by atoms with Gasteiger partial charge in [-0.3, -0.25) is 0 Å². The predicted octanol–water partition coefficient (Wildman–Crippen LogP) is 5.32. The van der Waals surface area contributed by atoms with E-state index in [4.69, 9.17) is 10.8 Å². The third-order valence-corrected chi connectivity index (χ3v) is 8.21. The van der Waals surface area contributed by atoms with Crippen molar-refractivity contribution >= 4 is 8.32 Å². The summed E-state index contributed by atoms with van der Waals surface area (Å²) in [7, 11) is -1.77. The second kappa shape index (κ2) is 9.67. The summed E-state index contributed by atoms with van der Waals surface area (Å²) < 4.78 is 6.45. The summed E-state index contributed by atoms with van der Waals surface area (Å²) >= 11 is 0. The largest absolute Gasteiger partial charge is 0.410 e. The van der Waals surface area contributed by atoms with Crippen LogP contribution >= 0.6 is 0 Å². The molecule has 1 atom stereocenters. The number of terminal acetylenes is 1. The maximum Gasteiger partial charge on any atom is 0.192 e. The van der Waals surface area contributed by atoms with E-state index < -0.39 is 8.32 Å². The molecule has 2 heteroatoms. The first kappa shape index (κ1) is 19.8. The van der Waals surface area contributed by atoms with Crippen LogP contribution in [0.5, 0.6) is 0 Å². The molecule has 0 aliphatic carbocycles. The zero-order valence-corrected chi connectivity index (χ0v) is 15.5. The molecule has 0 radical (unpaired) electrons. The van der Waals surface area contributed by atoms with E-state index in [-0.39, 0.29) is 11.1 Å². The van der Waals surface area contributed by atoms with Gasteiger partial charge in [-0.1, -0.05) is 57.6 Å². The van der Waals surface area contributed by atoms with Crippen molar-refractivity contribution in [3.63, 3.8) is 0 Å². The Morgan fingerprint density at radius 2 is 1.90 bits per heavy atom. The Kier molecular flexibility index (Phi) is 9.10. The minimum absolute atomic E-state index is 0.0915. The molecule has 0 aromatic heterocycles. The quantitative estimate of drug-likeness (QED) is 0.367. The lowest BCUT2D eigenvalue weighted by atomic mass is 10.2. The van der Waals surface area contributed by atoms with Crippen molar-refractivity contribution in [3.8, 4) is 24.2 Å². The minimum Gasteiger partial charge on any atom is -0.410 e. The fourth-order valence-electron chi connectivity index (χ4n) is 1.43. The van der Waals surface area contributed by atoms with Crippen molar-refractivity contribution in [1.29, 1.82) is 0 Å². The Balaban J connectivity index is 4.88. The lowest BCUT2D eigenvalue weighted by Crippen LogP contribution is -2.43. The van der Waals surface area contributed by atoms with Gasteiger partial charge in [0.05, 0.1) is 12.5 Å². The van der Waals surface area contributed by atoms with E-state index in [1.165, 1.54) is 0 Å². The Hall–Kier alpha value is -1.22. The van der Waals surface area contributed by atoms with Crippen LogP contribution in [0, 0.1) is 24.2 Å². The topological polar surface area (TPSA) is 9.23 Å². The highest BCUT2D eigenvalue weighted by Gasteiger charge is 2.38. The summed E-state index contributed by atoms with van der Waals surface area (Å²) in [5, 5.41) is 0.211. The molecule has 0 aromatic rings. The fourth-order valence-corrected chi connectivity index (χ4v) is 2.72. The van der Waals surface area contributed by atoms with Crippen molar-refractivity contribution in [2.45, 2.75) is 71.2 Å². The second-order valence-corrected chi connectivity index (χ2v) is 11.3. The van der Waals surface area contributed by atoms with Crippen LogP contribution in [-0.4, -0.2) is 14.4 Å². The Labute approximate surface area is 133 Å². The molecule has 0 aliphatic heterocycles. The fraction of sp³-hybridized carbons (Fsp3) is 0.579. The third kappa shape index (κ3) is 8.61. The molecule has 0 rings (SSSR count). The van der Waals surface area contributed by atoms with Gasteiger partial charge in [-0.2, -0.15) is 0 Å². The van der Waals surface area contributed by atoms with Gasteiger partial charge in [-0.05, 0) is 43.1 Å². The lowest BCUT2D eigenvalue weighted by molar-refractivity contribution is 0.228. The van der Waals surface area contributed by atoms with Crippen LogP contribution in [0.3, 0.4) is 0 Å². The zero-order chi connectivity index (χ0) is 16.4. The first-order valence-corrected chi connectivity index (χ1v) is 10.6. The maximum atomic E-state index is 6.45. The maximum absolute atomic E-state index is 6.45. The van der Waals surface area contributed by atoms with Crippen LogP contribution in [-0.2, 0) is 4.43 Å². The number of hydrogen-bond donors (Lipinski definition) is 0. The molecule has 0 saturated carbocycles. The molecule has 1 nitrogen and oxygen atoms in total. The summed E-state index contributed by atoms with van der Waals surface area (Å²) in [5.41, 5.74) is 0. The molecule has 0 N–H and O–H groups in total. The van der Waals surface area contributed by atoms with Crippen molar-refractivity contribution < 1.29 is 4.43 Å². The molecule has 116 valence electrons. The molecular formula is C19H30OSi. The van der Waals surface area contributed by atoms with Crippen LogP contribution in [0.15, 0.2) is 24.3 Å². The highest BCUT2D eigenvalue weighted by molar-refractivity contribution is 6.74. The molecule has 0 bridgehead atoms. The first-order valence-electron chi connectivity index (χ1n) is 7.66. The second-order valence-electron chi connectivity index (χ2n) is 6.59. The van der Waals surface area contributed by atoms with Crippen LogP contribution in [0.1, 0.15) is 47.0 Å². The van der Waals surface area contributed by atoms with Gasteiger partial charge >= 0.3 is 0 Å². The summed E-state index contributed by atoms with van der Waals surface area (Å²) in [6.07, 6.45) is 16.0. The smallest absolute Gasteiger partial charge is 0.192 e. The highest BCUT2D eigenvalue weighted by atomic mass is 28.4. The van der Waals surface area contributed by atoms with Crippen molar-refractivity contribution in [2.75, 3.05) is 0 Å². The van der Waals surface area contributed by atoms with Gasteiger partial charge in [0.2, 0.25) is 0 Å². The van der Waals surface area contributed by atoms with E-state index >= 15 is 0 Å². The lowest BCUT2D eigenvalue weighted by Gasteiger charge is -2.38. The van der Waals surface area contributed by atoms with E-state index in [9.17, 15) is 0 Å². The number of rotatable bonds is 6. The molecule has 21 heavy (non-hydrogen) atoms. The highest BCUT2D eigenvalue weighted by Crippen LogP contribution is 2.37. The normalized spacial score (nSPS) is 14.0. The number of hydrogen-bond acceptors (Lipinski definition) is 1. The SMILES string of the molecule is C#CCC#C/C=C/C(C/C=C/CC)O[Si](C)(C)C(C)(C)C. The monoisotopic (exact) mass is 302 g/mol. The molecular weight excluding hydrogens is 272 g/mol.